The van der Waals surface area contributed by atoms with E-state index in [1.807, 2.05) is 0 Å². The molecule has 2 heterocycles. The number of nitrogens with zero attached hydrogens (tertiary/aromatic N) is 1. The number of hydrogen-bond acceptors (Lipinski definition) is 2. The molecule has 15 heavy (non-hydrogen) atoms. The van der Waals surface area contributed by atoms with Gasteiger partial charge in [0.1, 0.15) is 0 Å². The van der Waals surface area contributed by atoms with E-state index in [-0.39, 0.29) is 0 Å². The smallest absolute Gasteiger partial charge is 0.00670 e. The Morgan fingerprint density at radius 3 is 2.53 bits per heavy atom. The number of hydrogen-bond donors (Lipinski definition) is 1. The maximum absolute atomic E-state index is 3.45. The molecular formula is C13H26N2. The van der Waals surface area contributed by atoms with Crippen molar-refractivity contribution in [3.05, 3.63) is 0 Å². The van der Waals surface area contributed by atoms with E-state index in [4.69, 9.17) is 0 Å². The van der Waals surface area contributed by atoms with E-state index in [9.17, 15) is 0 Å². The van der Waals surface area contributed by atoms with Crippen LogP contribution in [-0.4, -0.2) is 37.1 Å². The van der Waals surface area contributed by atoms with E-state index in [1.54, 1.807) is 0 Å². The zero-order valence-electron chi connectivity index (χ0n) is 10.2. The van der Waals surface area contributed by atoms with Gasteiger partial charge in [-0.15, -0.1) is 0 Å². The van der Waals surface area contributed by atoms with Gasteiger partial charge in [-0.05, 0) is 77.5 Å². The molecule has 0 saturated carbocycles. The molecule has 0 aliphatic carbocycles. The average Bonchev–Trinajstić information content (AvgIpc) is 2.81. The second kappa shape index (κ2) is 5.86. The molecule has 2 aliphatic rings. The van der Waals surface area contributed by atoms with E-state index in [1.165, 1.54) is 64.7 Å². The molecule has 88 valence electrons. The van der Waals surface area contributed by atoms with Crippen LogP contribution in [0.4, 0.5) is 0 Å². The van der Waals surface area contributed by atoms with Crippen LogP contribution in [-0.2, 0) is 0 Å². The SMILES string of the molecule is CC(CCC1CCNCC1)N1CCCC1. The van der Waals surface area contributed by atoms with Crippen LogP contribution in [0.2, 0.25) is 0 Å². The van der Waals surface area contributed by atoms with Crippen molar-refractivity contribution < 1.29 is 0 Å². The van der Waals surface area contributed by atoms with E-state index < -0.39 is 0 Å². The molecule has 1 atom stereocenters. The molecule has 0 amide bonds. The number of nitrogens with one attached hydrogen (secondary N) is 1. The molecule has 2 rings (SSSR count). The Hall–Kier alpha value is -0.0800. The zero-order chi connectivity index (χ0) is 10.5. The lowest BCUT2D eigenvalue weighted by molar-refractivity contribution is 0.224. The Labute approximate surface area is 94.4 Å². The van der Waals surface area contributed by atoms with Gasteiger partial charge in [0.05, 0.1) is 0 Å². The summed E-state index contributed by atoms with van der Waals surface area (Å²) in [6, 6.07) is 0.836. The molecule has 0 radical (unpaired) electrons. The van der Waals surface area contributed by atoms with E-state index >= 15 is 0 Å². The fourth-order valence-electron chi connectivity index (χ4n) is 3.01. The van der Waals surface area contributed by atoms with Crippen LogP contribution in [0.1, 0.15) is 45.4 Å². The highest BCUT2D eigenvalue weighted by atomic mass is 15.2. The molecule has 2 nitrogen and oxygen atoms in total. The minimum atomic E-state index is 0.836. The lowest BCUT2D eigenvalue weighted by Crippen LogP contribution is -2.32. The molecule has 2 fully saturated rings. The summed E-state index contributed by atoms with van der Waals surface area (Å²) in [5, 5.41) is 3.45. The number of piperidine rings is 1. The maximum Gasteiger partial charge on any atom is 0.00670 e. The first kappa shape index (κ1) is 11.4. The predicted molar refractivity (Wildman–Crippen MR) is 65.1 cm³/mol. The minimum absolute atomic E-state index is 0.836. The summed E-state index contributed by atoms with van der Waals surface area (Å²) < 4.78 is 0. The van der Waals surface area contributed by atoms with Gasteiger partial charge in [0.2, 0.25) is 0 Å². The summed E-state index contributed by atoms with van der Waals surface area (Å²) in [5.74, 6) is 1.01. The molecule has 0 spiro atoms. The Morgan fingerprint density at radius 1 is 1.20 bits per heavy atom. The van der Waals surface area contributed by atoms with Crippen LogP contribution in [0.3, 0.4) is 0 Å². The number of likely N-dealkylation sites (tertiary alicyclic amines) is 1. The van der Waals surface area contributed by atoms with E-state index in [2.05, 4.69) is 17.1 Å². The normalized spacial score (nSPS) is 27.0. The van der Waals surface area contributed by atoms with Crippen LogP contribution in [0, 0.1) is 5.92 Å². The van der Waals surface area contributed by atoms with Gasteiger partial charge in [0.25, 0.3) is 0 Å². The highest BCUT2D eigenvalue weighted by Crippen LogP contribution is 2.22. The zero-order valence-corrected chi connectivity index (χ0v) is 10.2. The molecular weight excluding hydrogens is 184 g/mol. The topological polar surface area (TPSA) is 15.3 Å². The van der Waals surface area contributed by atoms with Crippen molar-refractivity contribution in [3.8, 4) is 0 Å². The maximum atomic E-state index is 3.45. The molecule has 0 aromatic heterocycles. The van der Waals surface area contributed by atoms with Crippen molar-refractivity contribution in [1.82, 2.24) is 10.2 Å². The molecule has 1 unspecified atom stereocenters. The molecule has 2 saturated heterocycles. The highest BCUT2D eigenvalue weighted by Gasteiger charge is 2.20. The van der Waals surface area contributed by atoms with Crippen molar-refractivity contribution >= 4 is 0 Å². The first-order chi connectivity index (χ1) is 7.36. The standard InChI is InChI=1S/C13H26N2/c1-12(15-10-2-3-11-15)4-5-13-6-8-14-9-7-13/h12-14H,2-11H2,1H3. The van der Waals surface area contributed by atoms with Gasteiger partial charge in [-0.1, -0.05) is 0 Å². The highest BCUT2D eigenvalue weighted by molar-refractivity contribution is 4.75. The fraction of sp³-hybridized carbons (Fsp3) is 1.00. The first-order valence-corrected chi connectivity index (χ1v) is 6.81. The second-order valence-corrected chi connectivity index (χ2v) is 5.36. The molecule has 0 bridgehead atoms. The Kier molecular flexibility index (Phi) is 4.45. The molecule has 0 aromatic rings. The van der Waals surface area contributed by atoms with Gasteiger partial charge in [0.15, 0.2) is 0 Å². The largest absolute Gasteiger partial charge is 0.317 e. The van der Waals surface area contributed by atoms with Crippen molar-refractivity contribution in [2.45, 2.75) is 51.5 Å². The Morgan fingerprint density at radius 2 is 1.87 bits per heavy atom. The molecule has 2 heteroatoms. The third kappa shape index (κ3) is 3.46. The third-order valence-corrected chi connectivity index (χ3v) is 4.22. The van der Waals surface area contributed by atoms with Gasteiger partial charge in [0, 0.05) is 6.04 Å². The minimum Gasteiger partial charge on any atom is -0.317 e. The average molecular weight is 210 g/mol. The van der Waals surface area contributed by atoms with Gasteiger partial charge >= 0.3 is 0 Å². The van der Waals surface area contributed by atoms with Crippen LogP contribution in [0.5, 0.6) is 0 Å². The summed E-state index contributed by atoms with van der Waals surface area (Å²) in [6.07, 6.45) is 8.55. The summed E-state index contributed by atoms with van der Waals surface area (Å²) in [7, 11) is 0. The Bertz CT molecular complexity index is 169. The van der Waals surface area contributed by atoms with Gasteiger partial charge in [-0.25, -0.2) is 0 Å². The van der Waals surface area contributed by atoms with Crippen LogP contribution >= 0.6 is 0 Å². The Balaban J connectivity index is 1.63. The summed E-state index contributed by atoms with van der Waals surface area (Å²) in [6.45, 7) is 7.64. The summed E-state index contributed by atoms with van der Waals surface area (Å²) in [4.78, 5) is 2.68. The second-order valence-electron chi connectivity index (χ2n) is 5.36. The summed E-state index contributed by atoms with van der Waals surface area (Å²) in [5.41, 5.74) is 0. The van der Waals surface area contributed by atoms with Crippen LogP contribution < -0.4 is 5.32 Å². The van der Waals surface area contributed by atoms with E-state index in [0.717, 1.165) is 12.0 Å². The fourth-order valence-corrected chi connectivity index (χ4v) is 3.01. The predicted octanol–water partition coefficient (Wildman–Crippen LogP) is 2.25. The van der Waals surface area contributed by atoms with Crippen LogP contribution in [0.15, 0.2) is 0 Å². The lowest BCUT2D eigenvalue weighted by Gasteiger charge is -2.27. The molecule has 2 aliphatic heterocycles. The van der Waals surface area contributed by atoms with Gasteiger partial charge in [-0.3, -0.25) is 0 Å². The number of rotatable bonds is 4. The van der Waals surface area contributed by atoms with Crippen LogP contribution in [0.25, 0.3) is 0 Å². The monoisotopic (exact) mass is 210 g/mol. The van der Waals surface area contributed by atoms with Crippen molar-refractivity contribution in [3.63, 3.8) is 0 Å². The third-order valence-electron chi connectivity index (χ3n) is 4.22. The molecule has 0 aromatic carbocycles. The van der Waals surface area contributed by atoms with Crippen molar-refractivity contribution in [2.24, 2.45) is 5.92 Å². The van der Waals surface area contributed by atoms with E-state index in [0.29, 0.717) is 0 Å². The quantitative estimate of drug-likeness (QED) is 0.765. The van der Waals surface area contributed by atoms with Gasteiger partial charge in [-0.2, -0.15) is 0 Å². The lowest BCUT2D eigenvalue weighted by atomic mass is 9.91. The van der Waals surface area contributed by atoms with Crippen molar-refractivity contribution in [1.29, 1.82) is 0 Å². The van der Waals surface area contributed by atoms with Crippen molar-refractivity contribution in [2.75, 3.05) is 26.2 Å². The summed E-state index contributed by atoms with van der Waals surface area (Å²) >= 11 is 0. The molecule has 1 N–H and O–H groups in total. The first-order valence-electron chi connectivity index (χ1n) is 6.81. The van der Waals surface area contributed by atoms with Gasteiger partial charge < -0.3 is 10.2 Å².